The summed E-state index contributed by atoms with van der Waals surface area (Å²) in [6, 6.07) is 0. The second kappa shape index (κ2) is 47.6. The van der Waals surface area contributed by atoms with E-state index in [0.29, 0.717) is 5.92 Å². The molecule has 0 saturated carbocycles. The van der Waals surface area contributed by atoms with Gasteiger partial charge >= 0.3 is 0 Å². The van der Waals surface area contributed by atoms with Gasteiger partial charge in [0.05, 0.1) is 0 Å². The Morgan fingerprint density at radius 3 is 1.33 bits per heavy atom. The molecule has 0 spiro atoms. The van der Waals surface area contributed by atoms with Crippen molar-refractivity contribution in [2.75, 3.05) is 46.6 Å². The molecule has 0 aliphatic heterocycles. The third-order valence-electron chi connectivity index (χ3n) is 10.7. The van der Waals surface area contributed by atoms with Gasteiger partial charge in [-0.3, -0.25) is 0 Å². The minimum Gasteiger partial charge on any atom is -0.385 e. The van der Waals surface area contributed by atoms with Crippen LogP contribution in [0.3, 0.4) is 0 Å². The van der Waals surface area contributed by atoms with Gasteiger partial charge in [-0.1, -0.05) is 182 Å². The van der Waals surface area contributed by atoms with Crippen molar-refractivity contribution in [2.24, 2.45) is 11.8 Å². The fourth-order valence-electron chi connectivity index (χ4n) is 7.32. The molecule has 0 aromatic carbocycles. The molecule has 0 aliphatic carbocycles. The summed E-state index contributed by atoms with van der Waals surface area (Å²) >= 11 is 0. The third-order valence-corrected chi connectivity index (χ3v) is 10.7. The maximum atomic E-state index is 11.0. The third kappa shape index (κ3) is 43.8. The fourth-order valence-corrected chi connectivity index (χ4v) is 7.32. The van der Waals surface area contributed by atoms with E-state index >= 15 is 0 Å². The van der Waals surface area contributed by atoms with Gasteiger partial charge in [-0.25, -0.2) is 0 Å². The van der Waals surface area contributed by atoms with Gasteiger partial charge in [0.25, 0.3) is 0 Å². The van der Waals surface area contributed by atoms with Gasteiger partial charge in [-0.2, -0.15) is 0 Å². The van der Waals surface area contributed by atoms with Crippen molar-refractivity contribution in [1.82, 2.24) is 4.90 Å². The monoisotopic (exact) mass is 724 g/mol. The minimum atomic E-state index is 0.345. The molecule has 0 rings (SSSR count). The van der Waals surface area contributed by atoms with Crippen LogP contribution < -0.4 is 0 Å². The molecule has 1 atom stereocenters. The first-order valence-corrected chi connectivity index (χ1v) is 23.4. The van der Waals surface area contributed by atoms with Crippen LogP contribution in [-0.2, 0) is 14.3 Å². The number of nitrogens with zero attached hydrogens (tertiary/aromatic N) is 1. The summed E-state index contributed by atoms with van der Waals surface area (Å²) in [4.78, 5) is 13.7. The predicted molar refractivity (Wildman–Crippen MR) is 228 cm³/mol. The minimum absolute atomic E-state index is 0.345. The Balaban J connectivity index is 0. The fraction of sp³-hybridized carbons (Fsp3) is 0.979. The maximum Gasteiger partial charge on any atom is 0.123 e. The Morgan fingerprint density at radius 2 is 0.863 bits per heavy atom. The van der Waals surface area contributed by atoms with E-state index in [1.165, 1.54) is 219 Å². The van der Waals surface area contributed by atoms with Crippen molar-refractivity contribution in [1.29, 1.82) is 0 Å². The Labute approximate surface area is 323 Å². The number of aldehydes is 1. The van der Waals surface area contributed by atoms with Crippen LogP contribution >= 0.6 is 0 Å². The van der Waals surface area contributed by atoms with E-state index in [1.807, 2.05) is 0 Å². The summed E-state index contributed by atoms with van der Waals surface area (Å²) in [5.74, 6) is 1.14. The first kappa shape index (κ1) is 52.7. The highest BCUT2D eigenvalue weighted by Crippen LogP contribution is 2.19. The van der Waals surface area contributed by atoms with Crippen LogP contribution in [0.25, 0.3) is 0 Å². The molecule has 0 saturated heterocycles. The highest BCUT2D eigenvalue weighted by atomic mass is 16.5. The molecule has 51 heavy (non-hydrogen) atoms. The summed E-state index contributed by atoms with van der Waals surface area (Å²) in [6.07, 6.45) is 43.6. The SMILES string of the molecule is CCCCCCC(CCC)COCCCCCCCN(CCC)CCCCCCCOC.CCCCCCCCC(C=O)CCCCCCCC. The summed E-state index contributed by atoms with van der Waals surface area (Å²) in [5, 5.41) is 0. The number of hydrogen-bond acceptors (Lipinski definition) is 4. The Hall–Kier alpha value is -0.450. The van der Waals surface area contributed by atoms with E-state index in [2.05, 4.69) is 39.5 Å². The molecule has 1 unspecified atom stereocenters. The van der Waals surface area contributed by atoms with Gasteiger partial charge in [0.2, 0.25) is 0 Å². The summed E-state index contributed by atoms with van der Waals surface area (Å²) in [6.45, 7) is 18.2. The molecule has 0 N–H and O–H groups in total. The van der Waals surface area contributed by atoms with Gasteiger partial charge in [0.1, 0.15) is 6.29 Å². The largest absolute Gasteiger partial charge is 0.385 e. The van der Waals surface area contributed by atoms with Crippen molar-refractivity contribution in [2.45, 2.75) is 240 Å². The molecular weight excluding hydrogens is 627 g/mol. The second-order valence-corrected chi connectivity index (χ2v) is 16.0. The molecule has 0 aliphatic rings. The number of hydrogen-bond donors (Lipinski definition) is 0. The number of methoxy groups -OCH3 is 1. The average molecular weight is 724 g/mol. The topological polar surface area (TPSA) is 38.8 Å². The lowest BCUT2D eigenvalue weighted by molar-refractivity contribution is -0.111. The lowest BCUT2D eigenvalue weighted by Gasteiger charge is -2.21. The molecule has 0 heterocycles. The highest BCUT2D eigenvalue weighted by Gasteiger charge is 2.09. The summed E-state index contributed by atoms with van der Waals surface area (Å²) in [7, 11) is 1.80. The number of ether oxygens (including phenoxy) is 2. The van der Waals surface area contributed by atoms with Gasteiger partial charge in [-0.05, 0) is 83.3 Å². The van der Waals surface area contributed by atoms with E-state index in [4.69, 9.17) is 9.47 Å². The average Bonchev–Trinajstić information content (AvgIpc) is 3.14. The van der Waals surface area contributed by atoms with Crippen LogP contribution in [0.2, 0.25) is 0 Å². The zero-order valence-corrected chi connectivity index (χ0v) is 36.3. The predicted octanol–water partition coefficient (Wildman–Crippen LogP) is 15.0. The van der Waals surface area contributed by atoms with E-state index in [0.717, 1.165) is 38.6 Å². The highest BCUT2D eigenvalue weighted by molar-refractivity contribution is 5.53. The Morgan fingerprint density at radius 1 is 0.431 bits per heavy atom. The molecule has 0 fully saturated rings. The summed E-state index contributed by atoms with van der Waals surface area (Å²) < 4.78 is 11.2. The quantitative estimate of drug-likeness (QED) is 0.0464. The lowest BCUT2D eigenvalue weighted by Crippen LogP contribution is -2.27. The van der Waals surface area contributed by atoms with Crippen LogP contribution in [0.4, 0.5) is 0 Å². The number of unbranched alkanes of at least 4 members (excludes halogenated alkanes) is 21. The van der Waals surface area contributed by atoms with E-state index in [9.17, 15) is 4.79 Å². The van der Waals surface area contributed by atoms with Crippen LogP contribution in [-0.4, -0.2) is 57.8 Å². The summed E-state index contributed by atoms with van der Waals surface area (Å²) in [5.41, 5.74) is 0. The molecule has 0 aromatic heterocycles. The van der Waals surface area contributed by atoms with E-state index in [1.54, 1.807) is 7.11 Å². The van der Waals surface area contributed by atoms with Gasteiger partial charge in [0.15, 0.2) is 0 Å². The van der Waals surface area contributed by atoms with Gasteiger partial charge < -0.3 is 19.2 Å². The smallest absolute Gasteiger partial charge is 0.123 e. The molecule has 4 nitrogen and oxygen atoms in total. The molecule has 308 valence electrons. The van der Waals surface area contributed by atoms with Crippen molar-refractivity contribution in [3.05, 3.63) is 0 Å². The van der Waals surface area contributed by atoms with Gasteiger partial charge in [-0.15, -0.1) is 0 Å². The molecule has 0 radical (unpaired) electrons. The maximum absolute atomic E-state index is 11.0. The molecule has 0 aromatic rings. The molecule has 4 heteroatoms. The molecular formula is C47H97NO3. The number of rotatable bonds is 42. The molecule has 0 amide bonds. The Kier molecular flexibility index (Phi) is 49.1. The normalized spacial score (nSPS) is 12.1. The van der Waals surface area contributed by atoms with Crippen LogP contribution in [0.1, 0.15) is 240 Å². The first-order chi connectivity index (χ1) is 25.1. The standard InChI is InChI=1S/C29H61NO2.C18H36O/c1-5-8-9-16-22-29(21-6-2)28-32-27-20-15-11-13-18-25-30(23-7-3)24-17-12-10-14-19-26-31-4;1-3-5-7-9-11-13-15-18(17-19)16-14-12-10-8-6-4-2/h29H,5-28H2,1-4H3;17-18H,3-16H2,1-2H3. The van der Waals surface area contributed by atoms with Crippen LogP contribution in [0, 0.1) is 11.8 Å². The zero-order chi connectivity index (χ0) is 37.7. The van der Waals surface area contributed by atoms with Crippen molar-refractivity contribution in [3.8, 4) is 0 Å². The van der Waals surface area contributed by atoms with Crippen molar-refractivity contribution >= 4 is 6.29 Å². The Bertz CT molecular complexity index is 598. The first-order valence-electron chi connectivity index (χ1n) is 23.4. The van der Waals surface area contributed by atoms with Gasteiger partial charge in [0, 0.05) is 32.8 Å². The second-order valence-electron chi connectivity index (χ2n) is 16.0. The van der Waals surface area contributed by atoms with Crippen molar-refractivity contribution < 1.29 is 14.3 Å². The number of carbonyl (C=O) groups excluding carboxylic acids is 1. The number of carbonyl (C=O) groups is 1. The van der Waals surface area contributed by atoms with E-state index < -0.39 is 0 Å². The van der Waals surface area contributed by atoms with Crippen molar-refractivity contribution in [3.63, 3.8) is 0 Å². The van der Waals surface area contributed by atoms with E-state index in [-0.39, 0.29) is 0 Å². The van der Waals surface area contributed by atoms with Crippen LogP contribution in [0.5, 0.6) is 0 Å². The van der Waals surface area contributed by atoms with Crippen LogP contribution in [0.15, 0.2) is 0 Å². The molecule has 0 bridgehead atoms. The zero-order valence-electron chi connectivity index (χ0n) is 36.3. The lowest BCUT2D eigenvalue weighted by atomic mass is 9.95.